The highest BCUT2D eigenvalue weighted by Crippen LogP contribution is 2.18. The van der Waals surface area contributed by atoms with Crippen molar-refractivity contribution in [2.45, 2.75) is 25.8 Å². The highest BCUT2D eigenvalue weighted by Gasteiger charge is 2.32. The van der Waals surface area contributed by atoms with Crippen LogP contribution in [0.4, 0.5) is 0 Å². The molecule has 0 aromatic carbocycles. The number of nitrogens with zero attached hydrogens (tertiary/aromatic N) is 1. The Balaban J connectivity index is 1.93. The van der Waals surface area contributed by atoms with Gasteiger partial charge in [-0.1, -0.05) is 0 Å². The SMILES string of the molecule is CC1NCCC1C(=O)N1CCCNCC1. The van der Waals surface area contributed by atoms with Crippen LogP contribution in [0, 0.1) is 5.92 Å². The zero-order chi connectivity index (χ0) is 10.7. The minimum Gasteiger partial charge on any atom is -0.341 e. The molecule has 0 aromatic rings. The average Bonchev–Trinajstić information content (AvgIpc) is 2.53. The minimum atomic E-state index is 0.211. The molecule has 15 heavy (non-hydrogen) atoms. The van der Waals surface area contributed by atoms with Gasteiger partial charge in [-0.3, -0.25) is 4.79 Å². The van der Waals surface area contributed by atoms with E-state index in [-0.39, 0.29) is 5.92 Å². The summed E-state index contributed by atoms with van der Waals surface area (Å²) in [6, 6.07) is 0.355. The third-order valence-electron chi connectivity index (χ3n) is 3.49. The largest absolute Gasteiger partial charge is 0.341 e. The molecular weight excluding hydrogens is 190 g/mol. The van der Waals surface area contributed by atoms with E-state index in [1.165, 1.54) is 0 Å². The highest BCUT2D eigenvalue weighted by atomic mass is 16.2. The average molecular weight is 211 g/mol. The Labute approximate surface area is 91.4 Å². The molecule has 2 aliphatic heterocycles. The van der Waals surface area contributed by atoms with Gasteiger partial charge < -0.3 is 15.5 Å². The lowest BCUT2D eigenvalue weighted by atomic mass is 10.0. The molecule has 2 unspecified atom stereocenters. The number of carbonyl (C=O) groups is 1. The van der Waals surface area contributed by atoms with Crippen LogP contribution < -0.4 is 10.6 Å². The van der Waals surface area contributed by atoms with Crippen LogP contribution >= 0.6 is 0 Å². The normalized spacial score (nSPS) is 32.7. The Bertz CT molecular complexity index is 224. The summed E-state index contributed by atoms with van der Waals surface area (Å²) >= 11 is 0. The van der Waals surface area contributed by atoms with E-state index in [0.29, 0.717) is 11.9 Å². The molecule has 2 aliphatic rings. The van der Waals surface area contributed by atoms with E-state index in [1.807, 2.05) is 4.90 Å². The van der Waals surface area contributed by atoms with Crippen LogP contribution in [0.3, 0.4) is 0 Å². The molecule has 0 radical (unpaired) electrons. The van der Waals surface area contributed by atoms with Crippen molar-refractivity contribution in [1.29, 1.82) is 0 Å². The molecule has 2 N–H and O–H groups in total. The molecule has 0 bridgehead atoms. The van der Waals surface area contributed by atoms with Gasteiger partial charge in [0.1, 0.15) is 0 Å². The van der Waals surface area contributed by atoms with Crippen LogP contribution in [0.2, 0.25) is 0 Å². The summed E-state index contributed by atoms with van der Waals surface area (Å²) in [4.78, 5) is 14.3. The van der Waals surface area contributed by atoms with Gasteiger partial charge in [0, 0.05) is 25.7 Å². The molecule has 0 saturated carbocycles. The highest BCUT2D eigenvalue weighted by molar-refractivity contribution is 5.80. The van der Waals surface area contributed by atoms with Crippen LogP contribution in [-0.4, -0.2) is 49.6 Å². The molecule has 4 nitrogen and oxygen atoms in total. The number of hydrogen-bond acceptors (Lipinski definition) is 3. The summed E-state index contributed by atoms with van der Waals surface area (Å²) in [6.45, 7) is 6.90. The van der Waals surface area contributed by atoms with Gasteiger partial charge in [-0.25, -0.2) is 0 Å². The fourth-order valence-electron chi connectivity index (χ4n) is 2.50. The third kappa shape index (κ3) is 2.49. The number of rotatable bonds is 1. The Hall–Kier alpha value is -0.610. The second-order valence-corrected chi connectivity index (χ2v) is 4.57. The van der Waals surface area contributed by atoms with Crippen LogP contribution in [-0.2, 0) is 4.79 Å². The van der Waals surface area contributed by atoms with Gasteiger partial charge >= 0.3 is 0 Å². The Morgan fingerprint density at radius 2 is 2.13 bits per heavy atom. The lowest BCUT2D eigenvalue weighted by Gasteiger charge is -2.25. The lowest BCUT2D eigenvalue weighted by Crippen LogP contribution is -2.41. The van der Waals surface area contributed by atoms with Crippen molar-refractivity contribution in [3.63, 3.8) is 0 Å². The number of hydrogen-bond donors (Lipinski definition) is 2. The number of carbonyl (C=O) groups excluding carboxylic acids is 1. The van der Waals surface area contributed by atoms with Gasteiger partial charge in [-0.2, -0.15) is 0 Å². The fraction of sp³-hybridized carbons (Fsp3) is 0.909. The van der Waals surface area contributed by atoms with Crippen molar-refractivity contribution in [3.8, 4) is 0 Å². The standard InChI is InChI=1S/C11H21N3O/c1-9-10(3-5-13-9)11(15)14-7-2-4-12-6-8-14/h9-10,12-13H,2-8H2,1H3. The van der Waals surface area contributed by atoms with Crippen LogP contribution in [0.25, 0.3) is 0 Å². The van der Waals surface area contributed by atoms with E-state index in [9.17, 15) is 4.79 Å². The van der Waals surface area contributed by atoms with E-state index in [4.69, 9.17) is 0 Å². The van der Waals surface area contributed by atoms with Crippen LogP contribution in [0.15, 0.2) is 0 Å². The van der Waals surface area contributed by atoms with Crippen molar-refractivity contribution < 1.29 is 4.79 Å². The van der Waals surface area contributed by atoms with Gasteiger partial charge in [0.25, 0.3) is 0 Å². The van der Waals surface area contributed by atoms with E-state index < -0.39 is 0 Å². The van der Waals surface area contributed by atoms with E-state index in [0.717, 1.165) is 45.6 Å². The summed E-state index contributed by atoms with van der Waals surface area (Å²) in [7, 11) is 0. The van der Waals surface area contributed by atoms with Crippen molar-refractivity contribution in [2.24, 2.45) is 5.92 Å². The second-order valence-electron chi connectivity index (χ2n) is 4.57. The summed E-state index contributed by atoms with van der Waals surface area (Å²) in [5.74, 6) is 0.569. The first kappa shape index (κ1) is 10.9. The number of nitrogens with one attached hydrogen (secondary N) is 2. The summed E-state index contributed by atoms with van der Waals surface area (Å²) in [5, 5.41) is 6.67. The zero-order valence-corrected chi connectivity index (χ0v) is 9.46. The van der Waals surface area contributed by atoms with Crippen molar-refractivity contribution in [3.05, 3.63) is 0 Å². The molecule has 2 heterocycles. The smallest absolute Gasteiger partial charge is 0.227 e. The van der Waals surface area contributed by atoms with Crippen LogP contribution in [0.1, 0.15) is 19.8 Å². The van der Waals surface area contributed by atoms with Crippen molar-refractivity contribution in [2.75, 3.05) is 32.7 Å². The van der Waals surface area contributed by atoms with Crippen molar-refractivity contribution >= 4 is 5.91 Å². The maximum absolute atomic E-state index is 12.2. The molecular formula is C11H21N3O. The first-order valence-electron chi connectivity index (χ1n) is 6.02. The quantitative estimate of drug-likeness (QED) is 0.632. The zero-order valence-electron chi connectivity index (χ0n) is 9.46. The van der Waals surface area contributed by atoms with Gasteiger partial charge in [-0.05, 0) is 32.9 Å². The maximum Gasteiger partial charge on any atom is 0.227 e. The summed E-state index contributed by atoms with van der Waals surface area (Å²) in [6.07, 6.45) is 2.09. The monoisotopic (exact) mass is 211 g/mol. The predicted molar refractivity (Wildman–Crippen MR) is 59.6 cm³/mol. The van der Waals surface area contributed by atoms with Gasteiger partial charge in [-0.15, -0.1) is 0 Å². The van der Waals surface area contributed by atoms with Gasteiger partial charge in [0.05, 0.1) is 5.92 Å². The first-order valence-corrected chi connectivity index (χ1v) is 6.02. The predicted octanol–water partition coefficient (Wildman–Crippen LogP) is -0.194. The Kier molecular flexibility index (Phi) is 3.59. The summed E-state index contributed by atoms with van der Waals surface area (Å²) in [5.41, 5.74) is 0. The molecule has 2 atom stereocenters. The van der Waals surface area contributed by atoms with Gasteiger partial charge in [0.15, 0.2) is 0 Å². The fourth-order valence-corrected chi connectivity index (χ4v) is 2.50. The second kappa shape index (κ2) is 4.94. The molecule has 2 saturated heterocycles. The minimum absolute atomic E-state index is 0.211. The molecule has 0 aliphatic carbocycles. The molecule has 1 amide bonds. The molecule has 0 aromatic heterocycles. The molecule has 4 heteroatoms. The molecule has 86 valence electrons. The van der Waals surface area contributed by atoms with E-state index in [1.54, 1.807) is 0 Å². The maximum atomic E-state index is 12.2. The number of amides is 1. The molecule has 2 fully saturated rings. The van der Waals surface area contributed by atoms with Gasteiger partial charge in [0.2, 0.25) is 5.91 Å². The van der Waals surface area contributed by atoms with E-state index in [2.05, 4.69) is 17.6 Å². The van der Waals surface area contributed by atoms with Crippen LogP contribution in [0.5, 0.6) is 0 Å². The Morgan fingerprint density at radius 1 is 1.27 bits per heavy atom. The first-order chi connectivity index (χ1) is 7.29. The third-order valence-corrected chi connectivity index (χ3v) is 3.49. The molecule has 2 rings (SSSR count). The lowest BCUT2D eigenvalue weighted by molar-refractivity contribution is -0.135. The topological polar surface area (TPSA) is 44.4 Å². The van der Waals surface area contributed by atoms with E-state index >= 15 is 0 Å². The molecule has 0 spiro atoms. The van der Waals surface area contributed by atoms with Crippen molar-refractivity contribution in [1.82, 2.24) is 15.5 Å². The Morgan fingerprint density at radius 3 is 2.87 bits per heavy atom. The summed E-state index contributed by atoms with van der Waals surface area (Å²) < 4.78 is 0.